The lowest BCUT2D eigenvalue weighted by Gasteiger charge is -2.34. The summed E-state index contributed by atoms with van der Waals surface area (Å²) in [6.07, 6.45) is 2.38. The van der Waals surface area contributed by atoms with Gasteiger partial charge >= 0.3 is 0 Å². The van der Waals surface area contributed by atoms with Crippen molar-refractivity contribution in [1.82, 2.24) is 5.32 Å². The third kappa shape index (κ3) is 2.79. The summed E-state index contributed by atoms with van der Waals surface area (Å²) < 4.78 is 0. The molecule has 0 amide bonds. The molecule has 0 spiro atoms. The van der Waals surface area contributed by atoms with Gasteiger partial charge in [-0.2, -0.15) is 0 Å². The lowest BCUT2D eigenvalue weighted by Crippen LogP contribution is -2.43. The molecule has 1 heterocycles. The molecule has 0 radical (unpaired) electrons. The average Bonchev–Trinajstić information content (AvgIpc) is 2.35. The maximum Gasteiger partial charge on any atom is 0.0601 e. The Morgan fingerprint density at radius 1 is 1.47 bits per heavy atom. The quantitative estimate of drug-likeness (QED) is 0.825. The zero-order valence-corrected chi connectivity index (χ0v) is 10.7. The van der Waals surface area contributed by atoms with Crippen molar-refractivity contribution in [3.8, 4) is 0 Å². The van der Waals surface area contributed by atoms with Crippen LogP contribution in [0.2, 0.25) is 0 Å². The summed E-state index contributed by atoms with van der Waals surface area (Å²) in [6.45, 7) is 4.30. The number of nitrogens with one attached hydrogen (secondary N) is 1. The minimum Gasteiger partial charge on any atom is -0.395 e. The summed E-state index contributed by atoms with van der Waals surface area (Å²) in [4.78, 5) is 2.38. The molecule has 0 saturated carbocycles. The van der Waals surface area contributed by atoms with E-state index in [-0.39, 0.29) is 12.6 Å². The van der Waals surface area contributed by atoms with Crippen molar-refractivity contribution in [2.45, 2.75) is 25.8 Å². The predicted molar refractivity (Wildman–Crippen MR) is 71.6 cm³/mol. The van der Waals surface area contributed by atoms with Gasteiger partial charge in [-0.3, -0.25) is 0 Å². The van der Waals surface area contributed by atoms with Gasteiger partial charge in [0.1, 0.15) is 0 Å². The van der Waals surface area contributed by atoms with E-state index >= 15 is 0 Å². The molecule has 3 heteroatoms. The van der Waals surface area contributed by atoms with E-state index in [1.54, 1.807) is 0 Å². The molecule has 2 rings (SSSR count). The fourth-order valence-electron chi connectivity index (χ4n) is 2.50. The van der Waals surface area contributed by atoms with E-state index in [0.29, 0.717) is 0 Å². The van der Waals surface area contributed by atoms with E-state index in [1.807, 2.05) is 7.05 Å². The second-order valence-electron chi connectivity index (χ2n) is 4.85. The van der Waals surface area contributed by atoms with Crippen LogP contribution in [0.5, 0.6) is 0 Å². The van der Waals surface area contributed by atoms with Crippen molar-refractivity contribution in [3.63, 3.8) is 0 Å². The maximum atomic E-state index is 9.26. The number of likely N-dealkylation sites (N-methyl/N-ethyl adjacent to an activating group) is 1. The van der Waals surface area contributed by atoms with Gasteiger partial charge < -0.3 is 15.3 Å². The molecule has 3 nitrogen and oxygen atoms in total. The SMILES string of the molecule is CNC(CO)CN1CCCc2cc(C)ccc21. The van der Waals surface area contributed by atoms with Crippen LogP contribution in [0.3, 0.4) is 0 Å². The van der Waals surface area contributed by atoms with E-state index in [0.717, 1.165) is 13.1 Å². The van der Waals surface area contributed by atoms with Crippen molar-refractivity contribution in [3.05, 3.63) is 29.3 Å². The van der Waals surface area contributed by atoms with E-state index in [9.17, 15) is 5.11 Å². The van der Waals surface area contributed by atoms with Crippen molar-refractivity contribution in [2.75, 3.05) is 31.6 Å². The largest absolute Gasteiger partial charge is 0.395 e. The summed E-state index contributed by atoms with van der Waals surface area (Å²) in [7, 11) is 1.90. The van der Waals surface area contributed by atoms with Crippen molar-refractivity contribution in [2.24, 2.45) is 0 Å². The second kappa shape index (κ2) is 5.52. The summed E-state index contributed by atoms with van der Waals surface area (Å²) in [5.41, 5.74) is 4.12. The van der Waals surface area contributed by atoms with Crippen LogP contribution in [0.25, 0.3) is 0 Å². The monoisotopic (exact) mass is 234 g/mol. The van der Waals surface area contributed by atoms with Crippen LogP contribution < -0.4 is 10.2 Å². The molecule has 0 saturated heterocycles. The summed E-state index contributed by atoms with van der Waals surface area (Å²) in [6, 6.07) is 6.83. The molecule has 1 aliphatic rings. The van der Waals surface area contributed by atoms with Crippen molar-refractivity contribution in [1.29, 1.82) is 0 Å². The maximum absolute atomic E-state index is 9.26. The number of rotatable bonds is 4. The highest BCUT2D eigenvalue weighted by Gasteiger charge is 2.19. The molecule has 0 aromatic heterocycles. The topological polar surface area (TPSA) is 35.5 Å². The van der Waals surface area contributed by atoms with Gasteiger partial charge in [0, 0.05) is 24.8 Å². The molecule has 0 fully saturated rings. The second-order valence-corrected chi connectivity index (χ2v) is 4.85. The number of anilines is 1. The molecule has 1 unspecified atom stereocenters. The van der Waals surface area contributed by atoms with Crippen LogP contribution in [0.1, 0.15) is 17.5 Å². The molecule has 1 aromatic rings. The highest BCUT2D eigenvalue weighted by atomic mass is 16.3. The summed E-state index contributed by atoms with van der Waals surface area (Å²) in [5.74, 6) is 0. The Labute approximate surface area is 103 Å². The molecule has 94 valence electrons. The van der Waals surface area contributed by atoms with Gasteiger partial charge in [0.15, 0.2) is 0 Å². The Bertz CT molecular complexity index is 374. The zero-order chi connectivity index (χ0) is 12.3. The van der Waals surface area contributed by atoms with Gasteiger partial charge in [-0.25, -0.2) is 0 Å². The third-order valence-corrected chi connectivity index (χ3v) is 3.52. The number of aryl methyl sites for hydroxylation is 2. The Morgan fingerprint density at radius 2 is 2.29 bits per heavy atom. The molecule has 17 heavy (non-hydrogen) atoms. The van der Waals surface area contributed by atoms with Crippen LogP contribution >= 0.6 is 0 Å². The standard InChI is InChI=1S/C14H22N2O/c1-11-5-6-14-12(8-11)4-3-7-16(14)9-13(10-17)15-2/h5-6,8,13,15,17H,3-4,7,9-10H2,1-2H3. The van der Waals surface area contributed by atoms with Gasteiger partial charge in [-0.1, -0.05) is 17.7 Å². The normalized spacial score (nSPS) is 16.8. The van der Waals surface area contributed by atoms with Gasteiger partial charge in [0.05, 0.1) is 6.61 Å². The highest BCUT2D eigenvalue weighted by Crippen LogP contribution is 2.27. The van der Waals surface area contributed by atoms with E-state index < -0.39 is 0 Å². The van der Waals surface area contributed by atoms with Gasteiger partial charge in [-0.15, -0.1) is 0 Å². The first-order valence-corrected chi connectivity index (χ1v) is 6.37. The lowest BCUT2D eigenvalue weighted by molar-refractivity contribution is 0.249. The van der Waals surface area contributed by atoms with Gasteiger partial charge in [0.25, 0.3) is 0 Å². The Morgan fingerprint density at radius 3 is 3.00 bits per heavy atom. The minimum absolute atomic E-state index is 0.155. The number of hydrogen-bond acceptors (Lipinski definition) is 3. The molecule has 2 N–H and O–H groups in total. The predicted octanol–water partition coefficient (Wildman–Crippen LogP) is 1.33. The first-order valence-electron chi connectivity index (χ1n) is 6.37. The van der Waals surface area contributed by atoms with Crippen LogP contribution in [0, 0.1) is 6.92 Å². The Balaban J connectivity index is 2.16. The fraction of sp³-hybridized carbons (Fsp3) is 0.571. The number of aliphatic hydroxyl groups is 1. The van der Waals surface area contributed by atoms with Crippen molar-refractivity contribution >= 4 is 5.69 Å². The fourth-order valence-corrected chi connectivity index (χ4v) is 2.50. The Hall–Kier alpha value is -1.06. The molecule has 1 aromatic carbocycles. The zero-order valence-electron chi connectivity index (χ0n) is 10.7. The highest BCUT2D eigenvalue weighted by molar-refractivity contribution is 5.56. The number of fused-ring (bicyclic) bond motifs is 1. The van der Waals surface area contributed by atoms with E-state index in [1.165, 1.54) is 29.7 Å². The van der Waals surface area contributed by atoms with Crippen LogP contribution in [-0.2, 0) is 6.42 Å². The molecule has 0 aliphatic carbocycles. The lowest BCUT2D eigenvalue weighted by atomic mass is 9.99. The molecule has 1 aliphatic heterocycles. The van der Waals surface area contributed by atoms with Gasteiger partial charge in [0.2, 0.25) is 0 Å². The number of aliphatic hydroxyl groups excluding tert-OH is 1. The number of benzene rings is 1. The van der Waals surface area contributed by atoms with Crippen LogP contribution in [-0.4, -0.2) is 37.9 Å². The summed E-state index contributed by atoms with van der Waals surface area (Å²) in [5, 5.41) is 12.4. The minimum atomic E-state index is 0.155. The smallest absolute Gasteiger partial charge is 0.0601 e. The molecular weight excluding hydrogens is 212 g/mol. The average molecular weight is 234 g/mol. The number of hydrogen-bond donors (Lipinski definition) is 2. The van der Waals surface area contributed by atoms with Crippen molar-refractivity contribution < 1.29 is 5.11 Å². The first kappa shape index (κ1) is 12.4. The van der Waals surface area contributed by atoms with Gasteiger partial charge in [-0.05, 0) is 38.4 Å². The third-order valence-electron chi connectivity index (χ3n) is 3.52. The molecule has 1 atom stereocenters. The van der Waals surface area contributed by atoms with E-state index in [2.05, 4.69) is 35.3 Å². The molecule has 0 bridgehead atoms. The Kier molecular flexibility index (Phi) is 4.02. The van der Waals surface area contributed by atoms with Crippen LogP contribution in [0.4, 0.5) is 5.69 Å². The van der Waals surface area contributed by atoms with Crippen LogP contribution in [0.15, 0.2) is 18.2 Å². The first-order chi connectivity index (χ1) is 8.24. The molecular formula is C14H22N2O. The summed E-state index contributed by atoms with van der Waals surface area (Å²) >= 11 is 0. The van der Waals surface area contributed by atoms with E-state index in [4.69, 9.17) is 0 Å². The number of nitrogens with zero attached hydrogens (tertiary/aromatic N) is 1.